The first-order valence-electron chi connectivity index (χ1n) is 7.51. The molecule has 0 bridgehead atoms. The zero-order valence-electron chi connectivity index (χ0n) is 12.4. The van der Waals surface area contributed by atoms with Crippen molar-refractivity contribution in [2.45, 2.75) is 6.10 Å². The van der Waals surface area contributed by atoms with E-state index < -0.39 is 0 Å². The Bertz CT molecular complexity index is 804. The lowest BCUT2D eigenvalue weighted by Crippen LogP contribution is -2.34. The van der Waals surface area contributed by atoms with Gasteiger partial charge in [0.05, 0.1) is 35.9 Å². The summed E-state index contributed by atoms with van der Waals surface area (Å²) < 4.78 is 5.86. The van der Waals surface area contributed by atoms with Crippen LogP contribution in [0.25, 0.3) is 10.9 Å². The van der Waals surface area contributed by atoms with Gasteiger partial charge < -0.3 is 15.4 Å². The van der Waals surface area contributed by atoms with Gasteiger partial charge in [-0.05, 0) is 18.2 Å². The van der Waals surface area contributed by atoms with Gasteiger partial charge in [-0.15, -0.1) is 0 Å². The number of pyridine rings is 2. The molecular weight excluding hydrogens is 292 g/mol. The molecule has 0 radical (unpaired) electrons. The Kier molecular flexibility index (Phi) is 3.79. The summed E-state index contributed by atoms with van der Waals surface area (Å²) in [4.78, 5) is 17.5. The predicted molar refractivity (Wildman–Crippen MR) is 86.4 cm³/mol. The highest BCUT2D eigenvalue weighted by Gasteiger charge is 2.21. The van der Waals surface area contributed by atoms with E-state index in [9.17, 15) is 0 Å². The molecule has 1 unspecified atom stereocenters. The van der Waals surface area contributed by atoms with Crippen molar-refractivity contribution in [3.05, 3.63) is 48.7 Å². The minimum atomic E-state index is -0.0916. The van der Waals surface area contributed by atoms with Crippen LogP contribution in [0.5, 0.6) is 0 Å². The largest absolute Gasteiger partial charge is 0.369 e. The van der Waals surface area contributed by atoms with Gasteiger partial charge in [-0.2, -0.15) is 0 Å². The average Bonchev–Trinajstić information content (AvgIpc) is 2.63. The molecule has 3 aromatic rings. The lowest BCUT2D eigenvalue weighted by Gasteiger charge is -2.24. The van der Waals surface area contributed by atoms with Gasteiger partial charge in [0.1, 0.15) is 6.10 Å². The van der Waals surface area contributed by atoms with Crippen molar-refractivity contribution < 1.29 is 4.74 Å². The predicted octanol–water partition coefficient (Wildman–Crippen LogP) is 1.82. The lowest BCUT2D eigenvalue weighted by molar-refractivity contribution is 0.0260. The second-order valence-electron chi connectivity index (χ2n) is 5.26. The molecular formula is C16H16N6O. The molecule has 1 aliphatic rings. The van der Waals surface area contributed by atoms with E-state index in [-0.39, 0.29) is 6.10 Å². The normalized spacial score (nSPS) is 18.0. The highest BCUT2D eigenvalue weighted by atomic mass is 16.5. The Morgan fingerprint density at radius 2 is 2.09 bits per heavy atom. The van der Waals surface area contributed by atoms with Crippen LogP contribution in [0, 0.1) is 0 Å². The van der Waals surface area contributed by atoms with E-state index in [4.69, 9.17) is 4.74 Å². The second kappa shape index (κ2) is 6.23. The SMILES string of the molecule is c1cncc(Nc2nc(C3CNCCO3)c3ccncc3n2)c1. The average molecular weight is 308 g/mol. The summed E-state index contributed by atoms with van der Waals surface area (Å²) in [7, 11) is 0. The first-order valence-corrected chi connectivity index (χ1v) is 7.51. The van der Waals surface area contributed by atoms with E-state index in [1.54, 1.807) is 24.8 Å². The standard InChI is InChI=1S/C16H16N6O/c1-2-11(8-17-4-1)20-16-21-13-9-18-5-3-12(13)15(22-16)14-10-19-6-7-23-14/h1-5,8-9,14,19H,6-7,10H2,(H,20,21,22). The Hall–Kier alpha value is -2.64. The molecule has 4 rings (SSSR count). The summed E-state index contributed by atoms with van der Waals surface area (Å²) in [6, 6.07) is 5.71. The molecule has 0 aliphatic carbocycles. The van der Waals surface area contributed by atoms with Gasteiger partial charge in [-0.3, -0.25) is 9.97 Å². The maximum atomic E-state index is 5.86. The zero-order valence-corrected chi connectivity index (χ0v) is 12.4. The first kappa shape index (κ1) is 14.0. The summed E-state index contributed by atoms with van der Waals surface area (Å²) in [6.45, 7) is 2.27. The molecule has 3 aromatic heterocycles. The van der Waals surface area contributed by atoms with Gasteiger partial charge in [0.2, 0.25) is 5.95 Å². The van der Waals surface area contributed by atoms with Gasteiger partial charge in [0.25, 0.3) is 0 Å². The third-order valence-electron chi connectivity index (χ3n) is 3.68. The van der Waals surface area contributed by atoms with Crippen molar-refractivity contribution in [1.29, 1.82) is 0 Å². The van der Waals surface area contributed by atoms with Gasteiger partial charge in [-0.1, -0.05) is 0 Å². The third-order valence-corrected chi connectivity index (χ3v) is 3.68. The molecule has 0 spiro atoms. The summed E-state index contributed by atoms with van der Waals surface area (Å²) in [5.74, 6) is 0.516. The Labute approximate surface area is 133 Å². The Morgan fingerprint density at radius 3 is 2.91 bits per heavy atom. The molecule has 1 aliphatic heterocycles. The molecule has 116 valence electrons. The zero-order chi connectivity index (χ0) is 15.5. The van der Waals surface area contributed by atoms with E-state index in [1.165, 1.54) is 0 Å². The highest BCUT2D eigenvalue weighted by molar-refractivity contribution is 5.81. The van der Waals surface area contributed by atoms with Crippen LogP contribution >= 0.6 is 0 Å². The molecule has 7 nitrogen and oxygen atoms in total. The second-order valence-corrected chi connectivity index (χ2v) is 5.26. The molecule has 4 heterocycles. The fourth-order valence-corrected chi connectivity index (χ4v) is 2.61. The number of morpholine rings is 1. The van der Waals surface area contributed by atoms with E-state index in [2.05, 4.69) is 30.6 Å². The molecule has 0 aromatic carbocycles. The molecule has 23 heavy (non-hydrogen) atoms. The number of ether oxygens (including phenoxy) is 1. The van der Waals surface area contributed by atoms with Gasteiger partial charge in [0, 0.05) is 30.9 Å². The third kappa shape index (κ3) is 2.96. The van der Waals surface area contributed by atoms with Crippen LogP contribution in [-0.4, -0.2) is 39.6 Å². The number of aromatic nitrogens is 4. The van der Waals surface area contributed by atoms with E-state index in [0.717, 1.165) is 35.4 Å². The highest BCUT2D eigenvalue weighted by Crippen LogP contribution is 2.26. The number of hydrogen-bond acceptors (Lipinski definition) is 7. The molecule has 0 amide bonds. The monoisotopic (exact) mass is 308 g/mol. The molecule has 2 N–H and O–H groups in total. The first-order chi connectivity index (χ1) is 11.4. The van der Waals surface area contributed by atoms with E-state index >= 15 is 0 Å². The fraction of sp³-hybridized carbons (Fsp3) is 0.250. The summed E-state index contributed by atoms with van der Waals surface area (Å²) in [5.41, 5.74) is 2.50. The smallest absolute Gasteiger partial charge is 0.228 e. The summed E-state index contributed by atoms with van der Waals surface area (Å²) >= 11 is 0. The van der Waals surface area contributed by atoms with Gasteiger partial charge in [-0.25, -0.2) is 9.97 Å². The number of anilines is 2. The number of nitrogens with one attached hydrogen (secondary N) is 2. The molecule has 1 fully saturated rings. The van der Waals surface area contributed by atoms with E-state index in [0.29, 0.717) is 12.6 Å². The van der Waals surface area contributed by atoms with Crippen molar-refractivity contribution in [2.24, 2.45) is 0 Å². The number of rotatable bonds is 3. The lowest BCUT2D eigenvalue weighted by atomic mass is 10.1. The van der Waals surface area contributed by atoms with Crippen molar-refractivity contribution in [1.82, 2.24) is 25.3 Å². The van der Waals surface area contributed by atoms with Crippen LogP contribution < -0.4 is 10.6 Å². The van der Waals surface area contributed by atoms with Crippen LogP contribution in [0.3, 0.4) is 0 Å². The number of hydrogen-bond donors (Lipinski definition) is 2. The van der Waals surface area contributed by atoms with Crippen LogP contribution in [0.2, 0.25) is 0 Å². The Morgan fingerprint density at radius 1 is 1.13 bits per heavy atom. The number of fused-ring (bicyclic) bond motifs is 1. The molecule has 7 heteroatoms. The Balaban J connectivity index is 1.76. The quantitative estimate of drug-likeness (QED) is 0.763. The summed E-state index contributed by atoms with van der Waals surface area (Å²) in [5, 5.41) is 7.49. The maximum Gasteiger partial charge on any atom is 0.228 e. The number of nitrogens with zero attached hydrogens (tertiary/aromatic N) is 4. The van der Waals surface area contributed by atoms with Crippen LogP contribution in [0.1, 0.15) is 11.8 Å². The van der Waals surface area contributed by atoms with Crippen molar-refractivity contribution in [2.75, 3.05) is 25.0 Å². The van der Waals surface area contributed by atoms with Crippen molar-refractivity contribution in [3.8, 4) is 0 Å². The van der Waals surface area contributed by atoms with Crippen LogP contribution in [-0.2, 0) is 4.74 Å². The molecule has 1 atom stereocenters. The maximum absolute atomic E-state index is 5.86. The van der Waals surface area contributed by atoms with Gasteiger partial charge in [0.15, 0.2) is 0 Å². The van der Waals surface area contributed by atoms with Crippen molar-refractivity contribution in [3.63, 3.8) is 0 Å². The van der Waals surface area contributed by atoms with E-state index in [1.807, 2.05) is 18.2 Å². The van der Waals surface area contributed by atoms with Crippen LogP contribution in [0.4, 0.5) is 11.6 Å². The minimum Gasteiger partial charge on any atom is -0.369 e. The van der Waals surface area contributed by atoms with Crippen LogP contribution in [0.15, 0.2) is 43.0 Å². The fourth-order valence-electron chi connectivity index (χ4n) is 2.61. The molecule has 1 saturated heterocycles. The summed E-state index contributed by atoms with van der Waals surface area (Å²) in [6.07, 6.45) is 6.86. The van der Waals surface area contributed by atoms with Crippen molar-refractivity contribution >= 4 is 22.5 Å². The van der Waals surface area contributed by atoms with Gasteiger partial charge >= 0.3 is 0 Å². The minimum absolute atomic E-state index is 0.0916. The molecule has 0 saturated carbocycles. The topological polar surface area (TPSA) is 84.9 Å².